The number of benzene rings is 2. The summed E-state index contributed by atoms with van der Waals surface area (Å²) in [5, 5.41) is 24.2. The van der Waals surface area contributed by atoms with Gasteiger partial charge in [-0.3, -0.25) is 39.1 Å². The highest BCUT2D eigenvalue weighted by atomic mass is 16.2. The first-order valence-electron chi connectivity index (χ1n) is 18.8. The van der Waals surface area contributed by atoms with Crippen LogP contribution in [0.25, 0.3) is 0 Å². The lowest BCUT2D eigenvalue weighted by Gasteiger charge is -2.31. The topological polar surface area (TPSA) is 263 Å². The molecule has 19 heteroatoms. The van der Waals surface area contributed by atoms with Crippen LogP contribution in [0.1, 0.15) is 53.0 Å². The highest BCUT2D eigenvalue weighted by molar-refractivity contribution is 6.35. The van der Waals surface area contributed by atoms with Gasteiger partial charge in [-0.25, -0.2) is 15.0 Å². The van der Waals surface area contributed by atoms with Gasteiger partial charge in [0.15, 0.2) is 0 Å². The van der Waals surface area contributed by atoms with Crippen LogP contribution < -0.4 is 47.7 Å². The molecule has 3 rings (SSSR count). The van der Waals surface area contributed by atoms with Gasteiger partial charge in [-0.15, -0.1) is 0 Å². The second-order valence-corrected chi connectivity index (χ2v) is 14.9. The molecular weight excluding hydrogens is 750 g/mol. The molecule has 4 atom stereocenters. The Bertz CT molecular complexity index is 1830. The van der Waals surface area contributed by atoms with Gasteiger partial charge in [-0.1, -0.05) is 62.4 Å². The van der Waals surface area contributed by atoms with Gasteiger partial charge < -0.3 is 36.8 Å². The van der Waals surface area contributed by atoms with Crippen molar-refractivity contribution < 1.29 is 38.4 Å². The predicted molar refractivity (Wildman–Crippen MR) is 212 cm³/mol. The maximum absolute atomic E-state index is 14.4. The standard InChI is InChI=1S/C39H53N11O8/c1-24(2)22-27(31(51)41-6)42-33(53)29-30(45-35(55)36(56)46-39(3,4)5)34(54)47-48-38(58)50(26-16-11-8-12-17-26)21-20-49(19-13-18-40)37(57)43-28(32(52)44-29)23-25-14-9-7-10-15-25/h7-12,14-17,24,27-30H,13,19-23H2,1-6H3,(H,41,51)(H,42,53)(H,43,57)(H,44,52)(H,45,55)(H,46,56)(H,47,54)(H,48,58)/t27-,28-,29-,30?/m0/s1. The lowest BCUT2D eigenvalue weighted by Crippen LogP contribution is -2.68. The largest absolute Gasteiger partial charge is 0.357 e. The number of likely N-dealkylation sites (N-methyl/N-ethyl adjacent to an activating group) is 1. The number of amides is 10. The van der Waals surface area contributed by atoms with Crippen molar-refractivity contribution in [2.75, 3.05) is 31.6 Å². The first-order valence-corrected chi connectivity index (χ1v) is 18.8. The normalized spacial score (nSPS) is 18.8. The summed E-state index contributed by atoms with van der Waals surface area (Å²) < 4.78 is 0. The van der Waals surface area contributed by atoms with Gasteiger partial charge in [0.2, 0.25) is 17.7 Å². The number of anilines is 1. The molecule has 0 saturated carbocycles. The van der Waals surface area contributed by atoms with Gasteiger partial charge in [0.1, 0.15) is 24.2 Å². The van der Waals surface area contributed by atoms with Gasteiger partial charge in [-0.2, -0.15) is 5.26 Å². The molecule has 1 saturated heterocycles. The van der Waals surface area contributed by atoms with E-state index in [0.29, 0.717) is 11.3 Å². The van der Waals surface area contributed by atoms with Crippen molar-refractivity contribution in [1.82, 2.24) is 47.7 Å². The van der Waals surface area contributed by atoms with Crippen LogP contribution in [0.15, 0.2) is 60.7 Å². The average molecular weight is 804 g/mol. The number of carbonyl (C=O) groups excluding carboxylic acids is 8. The average Bonchev–Trinajstić information content (AvgIpc) is 3.18. The molecule has 1 unspecified atom stereocenters. The van der Waals surface area contributed by atoms with Crippen LogP contribution in [0.5, 0.6) is 0 Å². The number of hydrogen-bond donors (Lipinski definition) is 8. The molecule has 0 aliphatic carbocycles. The number of nitriles is 1. The molecule has 1 aliphatic heterocycles. The quantitative estimate of drug-likeness (QED) is 0.141. The Kier molecular flexibility index (Phi) is 17.0. The summed E-state index contributed by atoms with van der Waals surface area (Å²) in [6.07, 6.45) is -0.0911. The third-order valence-corrected chi connectivity index (χ3v) is 8.64. The molecule has 0 radical (unpaired) electrons. The van der Waals surface area contributed by atoms with Crippen LogP contribution in [-0.2, 0) is 35.2 Å². The first kappa shape index (κ1) is 45.7. The molecule has 58 heavy (non-hydrogen) atoms. The highest BCUT2D eigenvalue weighted by Gasteiger charge is 2.41. The summed E-state index contributed by atoms with van der Waals surface area (Å²) in [5.74, 6) is -6.63. The van der Waals surface area contributed by atoms with E-state index < -0.39 is 77.2 Å². The Morgan fingerprint density at radius 2 is 1.50 bits per heavy atom. The SMILES string of the molecule is CNC(=O)[C@H](CC(C)C)NC(=O)[C@H]1NC(=O)[C@H](Cc2ccccc2)NC(=O)N(CCC#N)CCN(c2ccccc2)C(=O)NNC(=O)C1NC(=O)C(=O)NC(C)(C)C. The molecule has 1 heterocycles. The van der Waals surface area contributed by atoms with Crippen LogP contribution in [0.4, 0.5) is 15.3 Å². The number of nitrogens with zero attached hydrogens (tertiary/aromatic N) is 3. The summed E-state index contributed by atoms with van der Waals surface area (Å²) in [7, 11) is 1.36. The molecule has 0 aromatic heterocycles. The highest BCUT2D eigenvalue weighted by Crippen LogP contribution is 2.15. The van der Waals surface area contributed by atoms with E-state index in [9.17, 15) is 43.6 Å². The molecular formula is C39H53N11O8. The predicted octanol–water partition coefficient (Wildman–Crippen LogP) is -0.0548. The zero-order valence-corrected chi connectivity index (χ0v) is 33.5. The Labute approximate surface area is 337 Å². The van der Waals surface area contributed by atoms with E-state index in [1.54, 1.807) is 95.3 Å². The van der Waals surface area contributed by atoms with Gasteiger partial charge >= 0.3 is 23.9 Å². The number of hydrogen-bond acceptors (Lipinski definition) is 9. The molecule has 8 N–H and O–H groups in total. The number of hydrazine groups is 1. The fourth-order valence-corrected chi connectivity index (χ4v) is 5.83. The first-order chi connectivity index (χ1) is 27.4. The van der Waals surface area contributed by atoms with E-state index in [4.69, 9.17) is 0 Å². The Morgan fingerprint density at radius 1 is 0.862 bits per heavy atom. The van der Waals surface area contributed by atoms with Crippen molar-refractivity contribution in [1.29, 1.82) is 5.26 Å². The second kappa shape index (κ2) is 21.6. The van der Waals surface area contributed by atoms with Gasteiger partial charge in [0, 0.05) is 44.3 Å². The number of nitrogens with one attached hydrogen (secondary N) is 8. The van der Waals surface area contributed by atoms with Gasteiger partial charge in [0.05, 0.1) is 12.5 Å². The zero-order valence-electron chi connectivity index (χ0n) is 33.5. The molecule has 1 aliphatic rings. The van der Waals surface area contributed by atoms with Gasteiger partial charge in [-0.05, 0) is 50.8 Å². The van der Waals surface area contributed by atoms with Crippen LogP contribution in [0.3, 0.4) is 0 Å². The van der Waals surface area contributed by atoms with E-state index in [1.165, 1.54) is 16.8 Å². The Balaban J connectivity index is 2.23. The van der Waals surface area contributed by atoms with Crippen molar-refractivity contribution in [2.45, 2.75) is 83.6 Å². The second-order valence-electron chi connectivity index (χ2n) is 14.9. The summed E-state index contributed by atoms with van der Waals surface area (Å²) in [6, 6.07) is 10.3. The van der Waals surface area contributed by atoms with Crippen molar-refractivity contribution in [3.8, 4) is 6.07 Å². The fraction of sp³-hybridized carbons (Fsp3) is 0.462. The smallest absolute Gasteiger partial charge is 0.340 e. The third-order valence-electron chi connectivity index (χ3n) is 8.64. The molecule has 0 bridgehead atoms. The van der Waals surface area contributed by atoms with E-state index in [2.05, 4.69) is 42.8 Å². The number of carbonyl (C=O) groups is 8. The minimum Gasteiger partial charge on any atom is -0.357 e. The molecule has 10 amide bonds. The fourth-order valence-electron chi connectivity index (χ4n) is 5.83. The molecule has 1 fully saturated rings. The number of urea groups is 2. The lowest BCUT2D eigenvalue weighted by molar-refractivity contribution is -0.143. The van der Waals surface area contributed by atoms with E-state index in [-0.39, 0.29) is 44.8 Å². The molecule has 19 nitrogen and oxygen atoms in total. The summed E-state index contributed by atoms with van der Waals surface area (Å²) in [6.45, 7) is 8.05. The van der Waals surface area contributed by atoms with Crippen molar-refractivity contribution in [2.24, 2.45) is 5.92 Å². The number of para-hydroxylation sites is 1. The van der Waals surface area contributed by atoms with E-state index in [0.717, 1.165) is 0 Å². The Morgan fingerprint density at radius 3 is 2.09 bits per heavy atom. The van der Waals surface area contributed by atoms with E-state index >= 15 is 0 Å². The molecule has 0 spiro atoms. The summed E-state index contributed by atoms with van der Waals surface area (Å²) in [4.78, 5) is 112. The van der Waals surface area contributed by atoms with E-state index in [1.807, 2.05) is 6.07 Å². The zero-order chi connectivity index (χ0) is 43.0. The molecule has 2 aromatic rings. The number of rotatable bonds is 11. The van der Waals surface area contributed by atoms with Crippen molar-refractivity contribution in [3.63, 3.8) is 0 Å². The van der Waals surface area contributed by atoms with Crippen LogP contribution in [0.2, 0.25) is 0 Å². The molecule has 312 valence electrons. The lowest BCUT2D eigenvalue weighted by atomic mass is 10.00. The minimum atomic E-state index is -2.11. The van der Waals surface area contributed by atoms with Crippen molar-refractivity contribution in [3.05, 3.63) is 66.2 Å². The van der Waals surface area contributed by atoms with Gasteiger partial charge in [0.25, 0.3) is 5.91 Å². The monoisotopic (exact) mass is 803 g/mol. The molecule has 2 aromatic carbocycles. The van der Waals surface area contributed by atoms with Crippen LogP contribution in [-0.4, -0.2) is 109 Å². The minimum absolute atomic E-state index is 0.0878. The Hall–Kier alpha value is -6.71. The van der Waals surface area contributed by atoms with Crippen molar-refractivity contribution >= 4 is 53.2 Å². The summed E-state index contributed by atoms with van der Waals surface area (Å²) in [5.41, 5.74) is 4.48. The van der Waals surface area contributed by atoms with Crippen LogP contribution >= 0.6 is 0 Å². The maximum Gasteiger partial charge on any atom is 0.340 e. The summed E-state index contributed by atoms with van der Waals surface area (Å²) >= 11 is 0. The third kappa shape index (κ3) is 14.1. The maximum atomic E-state index is 14.4. The van der Waals surface area contributed by atoms with Crippen LogP contribution in [0, 0.1) is 17.2 Å².